The summed E-state index contributed by atoms with van der Waals surface area (Å²) in [6, 6.07) is 6.77. The number of pyridine rings is 1. The molecule has 2 aromatic rings. The maximum absolute atomic E-state index is 13.1. The van der Waals surface area contributed by atoms with Gasteiger partial charge in [0.1, 0.15) is 5.82 Å². The van der Waals surface area contributed by atoms with Crippen LogP contribution in [0.25, 0.3) is 0 Å². The summed E-state index contributed by atoms with van der Waals surface area (Å²) in [5.41, 5.74) is 2.47. The minimum atomic E-state index is -3.82. The fourth-order valence-corrected chi connectivity index (χ4v) is 4.67. The standard InChI is InChI=1S/C20H22FN3O3S/c1-13(14-4-6-18(21)7-5-14)23-28(26,27)19-10-16-8-9-24(12-17(16)11-22-19)20(25)15-2-3-15/h4-7,10-11,13,15,23H,2-3,8-9,12H2,1H3. The van der Waals surface area contributed by atoms with Crippen LogP contribution in [0, 0.1) is 11.7 Å². The number of nitrogens with zero attached hydrogens (tertiary/aromatic N) is 2. The molecular weight excluding hydrogens is 381 g/mol. The zero-order valence-electron chi connectivity index (χ0n) is 15.6. The van der Waals surface area contributed by atoms with E-state index in [1.54, 1.807) is 31.3 Å². The molecule has 1 aliphatic carbocycles. The molecule has 1 fully saturated rings. The van der Waals surface area contributed by atoms with Crippen LogP contribution >= 0.6 is 0 Å². The van der Waals surface area contributed by atoms with Gasteiger partial charge in [-0.15, -0.1) is 0 Å². The van der Waals surface area contributed by atoms with Gasteiger partial charge < -0.3 is 4.90 Å². The molecule has 1 atom stereocenters. The largest absolute Gasteiger partial charge is 0.338 e. The van der Waals surface area contributed by atoms with E-state index in [9.17, 15) is 17.6 Å². The van der Waals surface area contributed by atoms with Crippen LogP contribution in [-0.2, 0) is 27.8 Å². The van der Waals surface area contributed by atoms with E-state index < -0.39 is 16.1 Å². The van der Waals surface area contributed by atoms with Crippen LogP contribution in [0.4, 0.5) is 4.39 Å². The number of amides is 1. The van der Waals surface area contributed by atoms with E-state index in [4.69, 9.17) is 0 Å². The van der Waals surface area contributed by atoms with Crippen molar-refractivity contribution in [2.24, 2.45) is 5.92 Å². The molecule has 28 heavy (non-hydrogen) atoms. The van der Waals surface area contributed by atoms with E-state index in [1.165, 1.54) is 12.1 Å². The van der Waals surface area contributed by atoms with Crippen LogP contribution in [0.3, 0.4) is 0 Å². The van der Waals surface area contributed by atoms with Gasteiger partial charge in [0, 0.05) is 31.2 Å². The molecule has 1 aromatic carbocycles. The highest BCUT2D eigenvalue weighted by Crippen LogP contribution is 2.33. The van der Waals surface area contributed by atoms with E-state index in [0.717, 1.165) is 24.0 Å². The smallest absolute Gasteiger partial charge is 0.258 e. The molecule has 2 aliphatic rings. The van der Waals surface area contributed by atoms with E-state index >= 15 is 0 Å². The van der Waals surface area contributed by atoms with E-state index in [2.05, 4.69) is 9.71 Å². The summed E-state index contributed by atoms with van der Waals surface area (Å²) in [5.74, 6) is -0.00665. The minimum Gasteiger partial charge on any atom is -0.338 e. The fourth-order valence-electron chi connectivity index (χ4n) is 3.45. The van der Waals surface area contributed by atoms with E-state index in [1.807, 2.05) is 4.90 Å². The van der Waals surface area contributed by atoms with Crippen molar-refractivity contribution < 1.29 is 17.6 Å². The first-order valence-electron chi connectivity index (χ1n) is 9.38. The summed E-state index contributed by atoms with van der Waals surface area (Å²) in [7, 11) is -3.82. The van der Waals surface area contributed by atoms with Crippen molar-refractivity contribution in [2.45, 2.75) is 43.8 Å². The predicted octanol–water partition coefficient (Wildman–Crippen LogP) is 2.55. The maximum Gasteiger partial charge on any atom is 0.258 e. The van der Waals surface area contributed by atoms with Crippen molar-refractivity contribution in [1.29, 1.82) is 0 Å². The number of aromatic nitrogens is 1. The van der Waals surface area contributed by atoms with Crippen molar-refractivity contribution in [1.82, 2.24) is 14.6 Å². The summed E-state index contributed by atoms with van der Waals surface area (Å²) in [6.07, 6.45) is 4.11. The van der Waals surface area contributed by atoms with Gasteiger partial charge in [-0.3, -0.25) is 4.79 Å². The SMILES string of the molecule is CC(NS(=O)(=O)c1cc2c(cn1)CN(C(=O)C1CC1)CC2)c1ccc(F)cc1. The van der Waals surface area contributed by atoms with Gasteiger partial charge in [0.05, 0.1) is 0 Å². The lowest BCUT2D eigenvalue weighted by molar-refractivity contribution is -0.133. The number of halogens is 1. The quantitative estimate of drug-likeness (QED) is 0.832. The van der Waals surface area contributed by atoms with Crippen LogP contribution < -0.4 is 4.72 Å². The van der Waals surface area contributed by atoms with Crippen LogP contribution in [-0.4, -0.2) is 30.8 Å². The highest BCUT2D eigenvalue weighted by atomic mass is 32.2. The fraction of sp³-hybridized carbons (Fsp3) is 0.400. The molecule has 4 rings (SSSR count). The van der Waals surface area contributed by atoms with Crippen LogP contribution in [0.1, 0.15) is 42.5 Å². The zero-order chi connectivity index (χ0) is 19.9. The first kappa shape index (κ1) is 19.0. The van der Waals surface area contributed by atoms with Gasteiger partial charge in [0.25, 0.3) is 10.0 Å². The summed E-state index contributed by atoms with van der Waals surface area (Å²) in [5, 5.41) is -0.0396. The summed E-state index contributed by atoms with van der Waals surface area (Å²) in [6.45, 7) is 2.78. The second kappa shape index (κ2) is 7.25. The van der Waals surface area contributed by atoms with E-state index in [-0.39, 0.29) is 22.7 Å². The number of carbonyl (C=O) groups is 1. The number of benzene rings is 1. The molecule has 2 heterocycles. The molecule has 6 nitrogen and oxygen atoms in total. The highest BCUT2D eigenvalue weighted by Gasteiger charge is 2.35. The summed E-state index contributed by atoms with van der Waals surface area (Å²) >= 11 is 0. The first-order chi connectivity index (χ1) is 13.3. The monoisotopic (exact) mass is 403 g/mol. The van der Waals surface area contributed by atoms with Gasteiger partial charge in [-0.2, -0.15) is 0 Å². The molecule has 0 spiro atoms. The summed E-state index contributed by atoms with van der Waals surface area (Å²) < 4.78 is 41.1. The Morgan fingerprint density at radius 2 is 1.96 bits per heavy atom. The number of fused-ring (bicyclic) bond motifs is 1. The number of hydrogen-bond donors (Lipinski definition) is 1. The lowest BCUT2D eigenvalue weighted by Gasteiger charge is -2.29. The number of hydrogen-bond acceptors (Lipinski definition) is 4. The lowest BCUT2D eigenvalue weighted by Crippen LogP contribution is -2.37. The normalized spacial score (nSPS) is 17.9. The van der Waals surface area contributed by atoms with E-state index in [0.29, 0.717) is 25.1 Å². The molecular formula is C20H22FN3O3S. The molecule has 1 saturated carbocycles. The third-order valence-electron chi connectivity index (χ3n) is 5.29. The Bertz CT molecular complexity index is 1000. The third-order valence-corrected chi connectivity index (χ3v) is 6.72. The minimum absolute atomic E-state index is 0.0396. The maximum atomic E-state index is 13.1. The molecule has 0 bridgehead atoms. The van der Waals surface area contributed by atoms with Gasteiger partial charge in [-0.05, 0) is 61.1 Å². The first-order valence-corrected chi connectivity index (χ1v) is 10.9. The molecule has 0 saturated heterocycles. The Morgan fingerprint density at radius 3 is 2.64 bits per heavy atom. The molecule has 1 N–H and O–H groups in total. The van der Waals surface area contributed by atoms with Crippen molar-refractivity contribution in [3.05, 3.63) is 59.0 Å². The number of carbonyl (C=O) groups excluding carboxylic acids is 1. The average Bonchev–Trinajstić information content (AvgIpc) is 3.52. The zero-order valence-corrected chi connectivity index (χ0v) is 16.4. The van der Waals surface area contributed by atoms with Gasteiger partial charge in [0.2, 0.25) is 5.91 Å². The van der Waals surface area contributed by atoms with Crippen molar-refractivity contribution in [3.63, 3.8) is 0 Å². The predicted molar refractivity (Wildman–Crippen MR) is 101 cm³/mol. The second-order valence-electron chi connectivity index (χ2n) is 7.47. The topological polar surface area (TPSA) is 79.4 Å². The Hall–Kier alpha value is -2.32. The molecule has 1 aromatic heterocycles. The van der Waals surface area contributed by atoms with Crippen LogP contribution in [0.2, 0.25) is 0 Å². The van der Waals surface area contributed by atoms with Gasteiger partial charge in [-0.25, -0.2) is 22.5 Å². The lowest BCUT2D eigenvalue weighted by atomic mass is 10.0. The van der Waals surface area contributed by atoms with Gasteiger partial charge in [-0.1, -0.05) is 12.1 Å². The third kappa shape index (κ3) is 3.93. The molecule has 1 unspecified atom stereocenters. The van der Waals surface area contributed by atoms with Crippen molar-refractivity contribution in [3.8, 4) is 0 Å². The Balaban J connectivity index is 1.49. The van der Waals surface area contributed by atoms with Crippen molar-refractivity contribution >= 4 is 15.9 Å². The molecule has 1 aliphatic heterocycles. The Labute approximate surface area is 163 Å². The van der Waals surface area contributed by atoms with Crippen LogP contribution in [0.5, 0.6) is 0 Å². The Morgan fingerprint density at radius 1 is 1.25 bits per heavy atom. The number of nitrogens with one attached hydrogen (secondary N) is 1. The van der Waals surface area contributed by atoms with Gasteiger partial charge >= 0.3 is 0 Å². The van der Waals surface area contributed by atoms with Gasteiger partial charge in [0.15, 0.2) is 5.03 Å². The summed E-state index contributed by atoms with van der Waals surface area (Å²) in [4.78, 5) is 18.2. The molecule has 8 heteroatoms. The molecule has 1 amide bonds. The average molecular weight is 403 g/mol. The second-order valence-corrected chi connectivity index (χ2v) is 9.13. The highest BCUT2D eigenvalue weighted by molar-refractivity contribution is 7.89. The number of rotatable bonds is 5. The number of sulfonamides is 1. The molecule has 0 radical (unpaired) electrons. The molecule has 148 valence electrons. The van der Waals surface area contributed by atoms with Crippen molar-refractivity contribution in [2.75, 3.05) is 6.54 Å². The Kier molecular flexibility index (Phi) is 4.93. The van der Waals surface area contributed by atoms with Crippen LogP contribution in [0.15, 0.2) is 41.6 Å².